The molecule has 2 saturated heterocycles. The van der Waals surface area contributed by atoms with Crippen LogP contribution in [0.2, 0.25) is 0 Å². The molecule has 1 amide bonds. The molecule has 4 rings (SSSR count). The molecule has 29 heavy (non-hydrogen) atoms. The van der Waals surface area contributed by atoms with E-state index in [-0.39, 0.29) is 11.8 Å². The summed E-state index contributed by atoms with van der Waals surface area (Å²) in [6, 6.07) is 8.62. The van der Waals surface area contributed by atoms with Crippen LogP contribution in [0.4, 0.5) is 0 Å². The third-order valence-corrected chi connectivity index (χ3v) is 6.26. The molecule has 0 bridgehead atoms. The van der Waals surface area contributed by atoms with Crippen LogP contribution >= 0.6 is 0 Å². The highest BCUT2D eigenvalue weighted by Crippen LogP contribution is 2.25. The second kappa shape index (κ2) is 9.55. The quantitative estimate of drug-likeness (QED) is 0.813. The molecule has 1 atom stereocenters. The lowest BCUT2D eigenvalue weighted by Crippen LogP contribution is -2.50. The number of nitrogens with one attached hydrogen (secondary N) is 1. The Kier molecular flexibility index (Phi) is 6.62. The first-order valence-electron chi connectivity index (χ1n) is 10.9. The summed E-state index contributed by atoms with van der Waals surface area (Å²) in [6.07, 6.45) is 8.01. The number of rotatable bonds is 6. The molecule has 0 saturated carbocycles. The Morgan fingerprint density at radius 1 is 1.21 bits per heavy atom. The Labute approximate surface area is 173 Å². The Hall–Kier alpha value is -2.18. The standard InChI is InChI=1S/C23H32N4O2/c1-18-6-7-22(29-18)17-26-12-8-21(9-13-26)27-11-3-5-20(16-27)23(28)25-15-19-4-2-10-24-14-19/h2,4,6-7,10,14,20-21H,3,5,8-9,11-13,15-17H2,1H3,(H,25,28). The zero-order chi connectivity index (χ0) is 20.1. The number of amides is 1. The second-order valence-electron chi connectivity index (χ2n) is 8.43. The normalized spacial score (nSPS) is 21.9. The predicted molar refractivity (Wildman–Crippen MR) is 112 cm³/mol. The molecule has 6 heteroatoms. The maximum Gasteiger partial charge on any atom is 0.224 e. The van der Waals surface area contributed by atoms with Crippen molar-refractivity contribution in [2.45, 2.75) is 51.7 Å². The van der Waals surface area contributed by atoms with Gasteiger partial charge in [-0.25, -0.2) is 0 Å². The first-order valence-corrected chi connectivity index (χ1v) is 10.9. The van der Waals surface area contributed by atoms with Gasteiger partial charge < -0.3 is 9.73 Å². The van der Waals surface area contributed by atoms with Crippen molar-refractivity contribution in [2.24, 2.45) is 5.92 Å². The zero-order valence-electron chi connectivity index (χ0n) is 17.3. The number of hydrogen-bond donors (Lipinski definition) is 1. The van der Waals surface area contributed by atoms with Gasteiger partial charge in [0.25, 0.3) is 0 Å². The molecule has 156 valence electrons. The lowest BCUT2D eigenvalue weighted by Gasteiger charge is -2.41. The number of aryl methyl sites for hydroxylation is 1. The van der Waals surface area contributed by atoms with Crippen LogP contribution < -0.4 is 5.32 Å². The molecule has 0 radical (unpaired) electrons. The van der Waals surface area contributed by atoms with Crippen LogP contribution in [-0.2, 0) is 17.9 Å². The Balaban J connectivity index is 1.23. The van der Waals surface area contributed by atoms with Gasteiger partial charge in [0.15, 0.2) is 0 Å². The molecule has 2 fully saturated rings. The average Bonchev–Trinajstić information content (AvgIpc) is 3.18. The van der Waals surface area contributed by atoms with Gasteiger partial charge in [-0.1, -0.05) is 6.07 Å². The Bertz CT molecular complexity index is 783. The molecule has 0 spiro atoms. The monoisotopic (exact) mass is 396 g/mol. The average molecular weight is 397 g/mol. The minimum atomic E-state index is 0.101. The van der Waals surface area contributed by atoms with E-state index in [0.29, 0.717) is 12.6 Å². The number of nitrogens with zero attached hydrogens (tertiary/aromatic N) is 3. The number of carbonyl (C=O) groups excluding carboxylic acids is 1. The molecule has 2 aromatic rings. The van der Waals surface area contributed by atoms with Crippen LogP contribution in [0.3, 0.4) is 0 Å². The summed E-state index contributed by atoms with van der Waals surface area (Å²) in [5, 5.41) is 3.10. The Morgan fingerprint density at radius 2 is 2.07 bits per heavy atom. The molecular formula is C23H32N4O2. The minimum Gasteiger partial charge on any atom is -0.465 e. The van der Waals surface area contributed by atoms with Gasteiger partial charge in [0.05, 0.1) is 12.5 Å². The van der Waals surface area contributed by atoms with Crippen LogP contribution in [-0.4, -0.2) is 52.9 Å². The third-order valence-electron chi connectivity index (χ3n) is 6.26. The van der Waals surface area contributed by atoms with Crippen molar-refractivity contribution in [3.8, 4) is 0 Å². The summed E-state index contributed by atoms with van der Waals surface area (Å²) in [5.74, 6) is 2.33. The molecule has 1 N–H and O–H groups in total. The first-order chi connectivity index (χ1) is 14.2. The fraction of sp³-hybridized carbons (Fsp3) is 0.565. The smallest absolute Gasteiger partial charge is 0.224 e. The van der Waals surface area contributed by atoms with Crippen LogP contribution in [0.15, 0.2) is 41.1 Å². The van der Waals surface area contributed by atoms with Gasteiger partial charge in [-0.3, -0.25) is 19.6 Å². The number of likely N-dealkylation sites (tertiary alicyclic amines) is 2. The predicted octanol–water partition coefficient (Wildman–Crippen LogP) is 2.98. The van der Waals surface area contributed by atoms with Crippen molar-refractivity contribution in [1.82, 2.24) is 20.1 Å². The van der Waals surface area contributed by atoms with Gasteiger partial charge in [-0.05, 0) is 62.9 Å². The summed E-state index contributed by atoms with van der Waals surface area (Å²) in [6.45, 7) is 7.66. The molecule has 2 aliphatic rings. The van der Waals surface area contributed by atoms with E-state index >= 15 is 0 Å². The molecule has 0 aliphatic carbocycles. The van der Waals surface area contributed by atoms with E-state index in [2.05, 4.69) is 26.2 Å². The van der Waals surface area contributed by atoms with E-state index < -0.39 is 0 Å². The maximum absolute atomic E-state index is 12.7. The molecule has 4 heterocycles. The van der Waals surface area contributed by atoms with E-state index in [1.54, 1.807) is 6.20 Å². The third kappa shape index (κ3) is 5.46. The summed E-state index contributed by atoms with van der Waals surface area (Å²) in [4.78, 5) is 21.8. The summed E-state index contributed by atoms with van der Waals surface area (Å²) < 4.78 is 5.72. The van der Waals surface area contributed by atoms with Gasteiger partial charge in [0.1, 0.15) is 11.5 Å². The van der Waals surface area contributed by atoms with E-state index in [0.717, 1.165) is 62.6 Å². The van der Waals surface area contributed by atoms with E-state index in [1.807, 2.05) is 31.3 Å². The molecule has 2 aromatic heterocycles. The number of carbonyl (C=O) groups is 1. The van der Waals surface area contributed by atoms with Gasteiger partial charge >= 0.3 is 0 Å². The first kappa shape index (κ1) is 20.1. The highest BCUT2D eigenvalue weighted by atomic mass is 16.3. The Morgan fingerprint density at radius 3 is 2.79 bits per heavy atom. The molecule has 6 nitrogen and oxygen atoms in total. The maximum atomic E-state index is 12.7. The van der Waals surface area contributed by atoms with Crippen molar-refractivity contribution in [3.63, 3.8) is 0 Å². The van der Waals surface area contributed by atoms with Crippen molar-refractivity contribution >= 4 is 5.91 Å². The van der Waals surface area contributed by atoms with Crippen LogP contribution in [0.25, 0.3) is 0 Å². The van der Waals surface area contributed by atoms with Crippen molar-refractivity contribution in [1.29, 1.82) is 0 Å². The number of piperidine rings is 2. The molecule has 0 aromatic carbocycles. The highest BCUT2D eigenvalue weighted by molar-refractivity contribution is 5.78. The summed E-state index contributed by atoms with van der Waals surface area (Å²) >= 11 is 0. The van der Waals surface area contributed by atoms with Crippen molar-refractivity contribution < 1.29 is 9.21 Å². The summed E-state index contributed by atoms with van der Waals surface area (Å²) in [7, 11) is 0. The van der Waals surface area contributed by atoms with Gasteiger partial charge in [0.2, 0.25) is 5.91 Å². The van der Waals surface area contributed by atoms with Gasteiger partial charge in [-0.15, -0.1) is 0 Å². The molecule has 1 unspecified atom stereocenters. The van der Waals surface area contributed by atoms with Gasteiger partial charge in [-0.2, -0.15) is 0 Å². The SMILES string of the molecule is Cc1ccc(CN2CCC(N3CCCC(C(=O)NCc4cccnc4)C3)CC2)o1. The lowest BCUT2D eigenvalue weighted by atomic mass is 9.93. The number of pyridine rings is 1. The number of furan rings is 1. The van der Waals surface area contributed by atoms with Crippen LogP contribution in [0.1, 0.15) is 42.8 Å². The van der Waals surface area contributed by atoms with Crippen LogP contribution in [0, 0.1) is 12.8 Å². The largest absolute Gasteiger partial charge is 0.465 e. The topological polar surface area (TPSA) is 61.6 Å². The molecular weight excluding hydrogens is 364 g/mol. The highest BCUT2D eigenvalue weighted by Gasteiger charge is 2.31. The fourth-order valence-corrected chi connectivity index (χ4v) is 4.62. The van der Waals surface area contributed by atoms with E-state index in [1.165, 1.54) is 12.8 Å². The molecule has 2 aliphatic heterocycles. The van der Waals surface area contributed by atoms with Crippen LogP contribution in [0.5, 0.6) is 0 Å². The number of aromatic nitrogens is 1. The van der Waals surface area contributed by atoms with Crippen molar-refractivity contribution in [2.75, 3.05) is 26.2 Å². The van der Waals surface area contributed by atoms with Crippen molar-refractivity contribution in [3.05, 3.63) is 53.7 Å². The number of hydrogen-bond acceptors (Lipinski definition) is 5. The minimum absolute atomic E-state index is 0.101. The lowest BCUT2D eigenvalue weighted by molar-refractivity contribution is -0.127. The van der Waals surface area contributed by atoms with E-state index in [4.69, 9.17) is 4.42 Å². The fourth-order valence-electron chi connectivity index (χ4n) is 4.62. The summed E-state index contributed by atoms with van der Waals surface area (Å²) in [5.41, 5.74) is 1.05. The second-order valence-corrected chi connectivity index (χ2v) is 8.43. The van der Waals surface area contributed by atoms with E-state index in [9.17, 15) is 4.79 Å². The van der Waals surface area contributed by atoms with Gasteiger partial charge in [0, 0.05) is 44.6 Å². The zero-order valence-corrected chi connectivity index (χ0v) is 17.3.